The van der Waals surface area contributed by atoms with Crippen LogP contribution in [0.2, 0.25) is 0 Å². The van der Waals surface area contributed by atoms with Crippen molar-refractivity contribution in [1.82, 2.24) is 4.90 Å². The zero-order valence-corrected chi connectivity index (χ0v) is 14.4. The maximum atomic E-state index is 13.6. The molecule has 1 N–H and O–H groups in total. The van der Waals surface area contributed by atoms with Crippen LogP contribution in [0.5, 0.6) is 0 Å². The van der Waals surface area contributed by atoms with Gasteiger partial charge in [-0.15, -0.1) is 12.4 Å². The van der Waals surface area contributed by atoms with Gasteiger partial charge in [-0.25, -0.2) is 4.39 Å². The Labute approximate surface area is 143 Å². The summed E-state index contributed by atoms with van der Waals surface area (Å²) in [4.78, 5) is 2.04. The third kappa shape index (κ3) is 3.69. The van der Waals surface area contributed by atoms with Crippen LogP contribution in [0.25, 0.3) is 0 Å². The van der Waals surface area contributed by atoms with Gasteiger partial charge in [0.2, 0.25) is 0 Å². The van der Waals surface area contributed by atoms with Crippen molar-refractivity contribution in [2.24, 2.45) is 5.92 Å². The molecule has 4 nitrogen and oxygen atoms in total. The largest absolute Gasteiger partial charge is 0.385 e. The highest BCUT2D eigenvalue weighted by Crippen LogP contribution is 2.48. The lowest BCUT2D eigenvalue weighted by Gasteiger charge is -2.47. The third-order valence-electron chi connectivity index (χ3n) is 4.84. The van der Waals surface area contributed by atoms with Gasteiger partial charge in [-0.2, -0.15) is 0 Å². The Bertz CT molecular complexity index is 536. The van der Waals surface area contributed by atoms with Crippen LogP contribution >= 0.6 is 12.4 Å². The van der Waals surface area contributed by atoms with E-state index in [1.807, 2.05) is 19.0 Å². The highest BCUT2D eigenvalue weighted by atomic mass is 35.5. The molecule has 2 fully saturated rings. The predicted octanol–water partition coefficient (Wildman–Crippen LogP) is 2.54. The van der Waals surface area contributed by atoms with Gasteiger partial charge in [0, 0.05) is 25.3 Å². The molecule has 0 radical (unpaired) electrons. The van der Waals surface area contributed by atoms with E-state index >= 15 is 0 Å². The lowest BCUT2D eigenvalue weighted by Crippen LogP contribution is -2.51. The van der Waals surface area contributed by atoms with E-state index in [0.717, 1.165) is 0 Å². The minimum absolute atomic E-state index is 0. The van der Waals surface area contributed by atoms with Crippen LogP contribution in [-0.2, 0) is 15.1 Å². The molecule has 130 valence electrons. The van der Waals surface area contributed by atoms with Gasteiger partial charge in [0.05, 0.1) is 18.8 Å². The molecule has 2 atom stereocenters. The SMILES string of the molecule is CN(C)CC1CC2(CCC1(O)c1cccc(F)c1)OCCO2.Cl. The van der Waals surface area contributed by atoms with Crippen molar-refractivity contribution >= 4 is 12.4 Å². The van der Waals surface area contributed by atoms with E-state index in [0.29, 0.717) is 44.6 Å². The minimum atomic E-state index is -1.05. The number of hydrogen-bond acceptors (Lipinski definition) is 4. The van der Waals surface area contributed by atoms with Crippen LogP contribution in [0.1, 0.15) is 24.8 Å². The first-order valence-corrected chi connectivity index (χ1v) is 7.85. The van der Waals surface area contributed by atoms with Gasteiger partial charge in [-0.3, -0.25) is 0 Å². The Morgan fingerprint density at radius 1 is 1.26 bits per heavy atom. The van der Waals surface area contributed by atoms with E-state index in [2.05, 4.69) is 0 Å². The molecule has 23 heavy (non-hydrogen) atoms. The number of nitrogens with zero attached hydrogens (tertiary/aromatic N) is 1. The second-order valence-corrected chi connectivity index (χ2v) is 6.71. The fourth-order valence-electron chi connectivity index (χ4n) is 3.78. The van der Waals surface area contributed by atoms with Gasteiger partial charge in [-0.1, -0.05) is 12.1 Å². The predicted molar refractivity (Wildman–Crippen MR) is 88.1 cm³/mol. The first-order valence-electron chi connectivity index (χ1n) is 7.85. The average molecular weight is 346 g/mol. The van der Waals surface area contributed by atoms with Crippen molar-refractivity contribution in [1.29, 1.82) is 0 Å². The van der Waals surface area contributed by atoms with Crippen molar-refractivity contribution in [2.45, 2.75) is 30.7 Å². The second-order valence-electron chi connectivity index (χ2n) is 6.71. The van der Waals surface area contributed by atoms with Crippen molar-refractivity contribution in [3.63, 3.8) is 0 Å². The summed E-state index contributed by atoms with van der Waals surface area (Å²) >= 11 is 0. The number of aliphatic hydroxyl groups is 1. The highest BCUT2D eigenvalue weighted by molar-refractivity contribution is 5.85. The Hall–Kier alpha value is -0.720. The zero-order valence-electron chi connectivity index (χ0n) is 13.6. The molecule has 2 unspecified atom stereocenters. The molecular formula is C17H25ClFNO3. The Balaban J connectivity index is 0.00000192. The lowest BCUT2D eigenvalue weighted by atomic mass is 9.69. The van der Waals surface area contributed by atoms with Gasteiger partial charge in [0.1, 0.15) is 5.82 Å². The van der Waals surface area contributed by atoms with E-state index in [-0.39, 0.29) is 24.1 Å². The summed E-state index contributed by atoms with van der Waals surface area (Å²) in [6.45, 7) is 1.90. The Morgan fingerprint density at radius 3 is 2.57 bits per heavy atom. The molecule has 1 aromatic rings. The fourth-order valence-corrected chi connectivity index (χ4v) is 3.78. The van der Waals surface area contributed by atoms with Crippen molar-refractivity contribution in [3.05, 3.63) is 35.6 Å². The van der Waals surface area contributed by atoms with E-state index in [1.165, 1.54) is 12.1 Å². The molecule has 1 spiro atoms. The van der Waals surface area contributed by atoms with Gasteiger partial charge < -0.3 is 19.5 Å². The van der Waals surface area contributed by atoms with Crippen molar-refractivity contribution in [2.75, 3.05) is 33.9 Å². The van der Waals surface area contributed by atoms with Crippen LogP contribution in [0.15, 0.2) is 24.3 Å². The van der Waals surface area contributed by atoms with Crippen LogP contribution in [0, 0.1) is 11.7 Å². The molecular weight excluding hydrogens is 321 g/mol. The average Bonchev–Trinajstić information content (AvgIpc) is 2.91. The van der Waals surface area contributed by atoms with Crippen LogP contribution in [0.3, 0.4) is 0 Å². The molecule has 1 heterocycles. The molecule has 0 aromatic heterocycles. The molecule has 1 saturated carbocycles. The second kappa shape index (κ2) is 7.03. The highest BCUT2D eigenvalue weighted by Gasteiger charge is 2.52. The topological polar surface area (TPSA) is 41.9 Å². The number of hydrogen-bond donors (Lipinski definition) is 1. The summed E-state index contributed by atoms with van der Waals surface area (Å²) in [6.07, 6.45) is 1.76. The number of benzene rings is 1. The van der Waals surface area contributed by atoms with E-state index in [9.17, 15) is 9.50 Å². The van der Waals surface area contributed by atoms with E-state index < -0.39 is 11.4 Å². The van der Waals surface area contributed by atoms with E-state index in [1.54, 1.807) is 12.1 Å². The van der Waals surface area contributed by atoms with Crippen LogP contribution in [0.4, 0.5) is 4.39 Å². The van der Waals surface area contributed by atoms with Gasteiger partial charge in [0.15, 0.2) is 5.79 Å². The van der Waals surface area contributed by atoms with Crippen molar-refractivity contribution in [3.8, 4) is 0 Å². The molecule has 2 aliphatic rings. The first kappa shape index (κ1) is 18.6. The van der Waals surface area contributed by atoms with Gasteiger partial charge in [-0.05, 0) is 38.2 Å². The Kier molecular flexibility index (Phi) is 5.69. The standard InChI is InChI=1S/C17H24FNO3.ClH/c1-19(2)12-14-11-16(21-8-9-22-16)6-7-17(14,20)13-4-3-5-15(18)10-13;/h3-5,10,14,20H,6-9,11-12H2,1-2H3;1H. The number of ether oxygens (including phenoxy) is 2. The molecule has 6 heteroatoms. The molecule has 1 aliphatic heterocycles. The van der Waals surface area contributed by atoms with Gasteiger partial charge in [0.25, 0.3) is 0 Å². The summed E-state index contributed by atoms with van der Waals surface area (Å²) in [5, 5.41) is 11.3. The number of halogens is 2. The first-order chi connectivity index (χ1) is 10.4. The summed E-state index contributed by atoms with van der Waals surface area (Å²) in [6, 6.07) is 6.31. The zero-order chi connectivity index (χ0) is 15.8. The monoisotopic (exact) mass is 345 g/mol. The normalized spacial score (nSPS) is 29.7. The number of rotatable bonds is 3. The third-order valence-corrected chi connectivity index (χ3v) is 4.84. The van der Waals surface area contributed by atoms with Crippen LogP contribution in [-0.4, -0.2) is 49.6 Å². The lowest BCUT2D eigenvalue weighted by molar-refractivity contribution is -0.226. The summed E-state index contributed by atoms with van der Waals surface area (Å²) < 4.78 is 25.2. The molecule has 0 bridgehead atoms. The molecule has 1 saturated heterocycles. The van der Waals surface area contributed by atoms with Gasteiger partial charge >= 0.3 is 0 Å². The van der Waals surface area contributed by atoms with E-state index in [4.69, 9.17) is 9.47 Å². The minimum Gasteiger partial charge on any atom is -0.385 e. The Morgan fingerprint density at radius 2 is 1.96 bits per heavy atom. The van der Waals surface area contributed by atoms with Crippen LogP contribution < -0.4 is 0 Å². The fraction of sp³-hybridized carbons (Fsp3) is 0.647. The molecule has 0 amide bonds. The quantitative estimate of drug-likeness (QED) is 0.914. The summed E-state index contributed by atoms with van der Waals surface area (Å²) in [5.74, 6) is -0.959. The summed E-state index contributed by atoms with van der Waals surface area (Å²) in [5.41, 5.74) is -0.403. The van der Waals surface area contributed by atoms with Crippen molar-refractivity contribution < 1.29 is 19.0 Å². The molecule has 1 aromatic carbocycles. The maximum absolute atomic E-state index is 13.6. The smallest absolute Gasteiger partial charge is 0.169 e. The maximum Gasteiger partial charge on any atom is 0.169 e. The molecule has 3 rings (SSSR count). The molecule has 1 aliphatic carbocycles. The summed E-state index contributed by atoms with van der Waals surface area (Å²) in [7, 11) is 3.95.